The number of benzene rings is 5. The number of fused-ring (bicyclic) bond motifs is 2. The topological polar surface area (TPSA) is 0 Å². The third-order valence-corrected chi connectivity index (χ3v) is 5.29. The summed E-state index contributed by atoms with van der Waals surface area (Å²) in [6.45, 7) is 4.37. The number of hydrogen-bond donors (Lipinski definition) is 0. The molecular weight excluding hydrogens is 324 g/mol. The smallest absolute Gasteiger partial charge is 0.00667 e. The lowest BCUT2D eigenvalue weighted by atomic mass is 9.87. The highest BCUT2D eigenvalue weighted by Gasteiger charge is 2.14. The summed E-state index contributed by atoms with van der Waals surface area (Å²) in [5.74, 6) is 0. The van der Waals surface area contributed by atoms with Gasteiger partial charge in [0.2, 0.25) is 0 Å². The minimum atomic E-state index is 1.05. The molecule has 0 aliphatic rings. The molecule has 0 unspecified atom stereocenters. The highest BCUT2D eigenvalue weighted by atomic mass is 14.2. The Bertz CT molecular complexity index is 1270. The summed E-state index contributed by atoms with van der Waals surface area (Å²) < 4.78 is 0. The van der Waals surface area contributed by atoms with Gasteiger partial charge >= 0.3 is 0 Å². The number of hydrogen-bond acceptors (Lipinski definition) is 0. The molecule has 0 amide bonds. The van der Waals surface area contributed by atoms with Crippen LogP contribution in [0.5, 0.6) is 0 Å². The summed E-state index contributed by atoms with van der Waals surface area (Å²) >= 11 is 0. The zero-order valence-corrected chi connectivity index (χ0v) is 15.0. The lowest BCUT2D eigenvalue weighted by Gasteiger charge is -2.17. The fourth-order valence-corrected chi connectivity index (χ4v) is 4.05. The van der Waals surface area contributed by atoms with Gasteiger partial charge in [-0.05, 0) is 56.3 Å². The van der Waals surface area contributed by atoms with Crippen molar-refractivity contribution in [1.82, 2.24) is 0 Å². The first-order valence-electron chi connectivity index (χ1n) is 9.24. The first-order chi connectivity index (χ1) is 13.3. The van der Waals surface area contributed by atoms with Crippen LogP contribution in [0.3, 0.4) is 0 Å². The molecule has 1 radical (unpaired) electrons. The van der Waals surface area contributed by atoms with Crippen LogP contribution < -0.4 is 0 Å². The molecule has 0 saturated carbocycles. The van der Waals surface area contributed by atoms with Crippen LogP contribution in [0, 0.1) is 6.92 Å². The molecule has 127 valence electrons. The molecule has 0 bridgehead atoms. The average Bonchev–Trinajstić information content (AvgIpc) is 2.73. The van der Waals surface area contributed by atoms with Crippen LogP contribution in [0.1, 0.15) is 5.56 Å². The van der Waals surface area contributed by atoms with E-state index in [2.05, 4.69) is 110 Å². The molecule has 0 aromatic heterocycles. The van der Waals surface area contributed by atoms with E-state index in [0.717, 1.165) is 5.56 Å². The second-order valence-corrected chi connectivity index (χ2v) is 6.89. The zero-order valence-electron chi connectivity index (χ0n) is 15.0. The van der Waals surface area contributed by atoms with Crippen LogP contribution in [0.4, 0.5) is 0 Å². The van der Waals surface area contributed by atoms with Crippen LogP contribution >= 0.6 is 0 Å². The van der Waals surface area contributed by atoms with Crippen LogP contribution in [0.25, 0.3) is 43.8 Å². The fourth-order valence-electron chi connectivity index (χ4n) is 4.05. The molecule has 5 aromatic rings. The van der Waals surface area contributed by atoms with E-state index in [1.807, 2.05) is 0 Å². The summed E-state index contributed by atoms with van der Waals surface area (Å²) in [7, 11) is 0. The zero-order chi connectivity index (χ0) is 18.2. The highest BCUT2D eigenvalue weighted by molar-refractivity contribution is 6.05. The van der Waals surface area contributed by atoms with Crippen molar-refractivity contribution < 1.29 is 0 Å². The average molecular weight is 343 g/mol. The van der Waals surface area contributed by atoms with E-state index < -0.39 is 0 Å². The lowest BCUT2D eigenvalue weighted by molar-refractivity contribution is 1.57. The molecule has 27 heavy (non-hydrogen) atoms. The maximum absolute atomic E-state index is 4.37. The Labute approximate surface area is 159 Å². The Morgan fingerprint density at radius 3 is 1.59 bits per heavy atom. The Morgan fingerprint density at radius 1 is 0.407 bits per heavy atom. The third kappa shape index (κ3) is 2.62. The minimum absolute atomic E-state index is 1.05. The van der Waals surface area contributed by atoms with Gasteiger partial charge in [-0.1, -0.05) is 103 Å². The normalized spacial score (nSPS) is 11.1. The van der Waals surface area contributed by atoms with E-state index in [1.54, 1.807) is 0 Å². The maximum atomic E-state index is 4.37. The predicted octanol–water partition coefficient (Wildman–Crippen LogP) is 7.51. The maximum Gasteiger partial charge on any atom is -0.00667 e. The largest absolute Gasteiger partial charge is 0.0616 e. The van der Waals surface area contributed by atoms with E-state index in [-0.39, 0.29) is 0 Å². The Morgan fingerprint density at radius 2 is 0.889 bits per heavy atom. The van der Waals surface area contributed by atoms with Crippen molar-refractivity contribution in [3.05, 3.63) is 116 Å². The third-order valence-electron chi connectivity index (χ3n) is 5.29. The molecule has 5 aromatic carbocycles. The van der Waals surface area contributed by atoms with Gasteiger partial charge in [0, 0.05) is 0 Å². The van der Waals surface area contributed by atoms with Gasteiger partial charge in [-0.15, -0.1) is 0 Å². The molecule has 5 rings (SSSR count). The summed E-state index contributed by atoms with van der Waals surface area (Å²) in [4.78, 5) is 0. The van der Waals surface area contributed by atoms with Crippen LogP contribution in [0.2, 0.25) is 0 Å². The van der Waals surface area contributed by atoms with E-state index in [0.29, 0.717) is 0 Å². The summed E-state index contributed by atoms with van der Waals surface area (Å²) in [6, 6.07) is 36.6. The quantitative estimate of drug-likeness (QED) is 0.311. The monoisotopic (exact) mass is 343 g/mol. The fraction of sp³-hybridized carbons (Fsp3) is 0. The molecule has 0 N–H and O–H groups in total. The van der Waals surface area contributed by atoms with E-state index in [1.165, 1.54) is 43.8 Å². The Hall–Kier alpha value is -3.38. The molecule has 0 atom stereocenters. The van der Waals surface area contributed by atoms with Crippen molar-refractivity contribution in [3.63, 3.8) is 0 Å². The van der Waals surface area contributed by atoms with Gasteiger partial charge in [0.05, 0.1) is 0 Å². The molecule has 0 heteroatoms. The lowest BCUT2D eigenvalue weighted by Crippen LogP contribution is -1.91. The van der Waals surface area contributed by atoms with Gasteiger partial charge in [-0.3, -0.25) is 0 Å². The molecule has 0 aliphatic carbocycles. The van der Waals surface area contributed by atoms with Gasteiger partial charge in [-0.25, -0.2) is 0 Å². The SMILES string of the molecule is [CH2]c1cccc(-c2cccc3ccccc23)c1-c1cccc2ccccc12. The first kappa shape index (κ1) is 15.8. The molecule has 0 saturated heterocycles. The van der Waals surface area contributed by atoms with E-state index in [4.69, 9.17) is 0 Å². The van der Waals surface area contributed by atoms with Gasteiger partial charge in [0.25, 0.3) is 0 Å². The first-order valence-corrected chi connectivity index (χ1v) is 9.24. The van der Waals surface area contributed by atoms with Crippen molar-refractivity contribution in [1.29, 1.82) is 0 Å². The van der Waals surface area contributed by atoms with Crippen molar-refractivity contribution in [2.75, 3.05) is 0 Å². The van der Waals surface area contributed by atoms with Gasteiger partial charge in [0.15, 0.2) is 0 Å². The summed E-state index contributed by atoms with van der Waals surface area (Å²) in [5.41, 5.74) is 5.99. The molecule has 0 nitrogen and oxygen atoms in total. The Kier molecular flexibility index (Phi) is 3.76. The molecular formula is C27H19. The van der Waals surface area contributed by atoms with Crippen molar-refractivity contribution in [2.45, 2.75) is 0 Å². The van der Waals surface area contributed by atoms with E-state index in [9.17, 15) is 0 Å². The minimum Gasteiger partial charge on any atom is -0.0616 e. The molecule has 0 spiro atoms. The van der Waals surface area contributed by atoms with Gasteiger partial charge in [-0.2, -0.15) is 0 Å². The summed E-state index contributed by atoms with van der Waals surface area (Å²) in [6.07, 6.45) is 0. The summed E-state index contributed by atoms with van der Waals surface area (Å²) in [5, 5.41) is 5.04. The molecule has 0 aliphatic heterocycles. The van der Waals surface area contributed by atoms with Crippen molar-refractivity contribution in [3.8, 4) is 22.3 Å². The standard InChI is InChI=1S/C27H19/c1-19-9-6-17-26(24-16-7-12-20-10-2-4-14-22(20)24)27(19)25-18-8-13-21-11-3-5-15-23(21)25/h2-18H,1H2. The second kappa shape index (κ2) is 6.41. The molecule has 0 heterocycles. The van der Waals surface area contributed by atoms with Crippen molar-refractivity contribution >= 4 is 21.5 Å². The Balaban J connectivity index is 1.88. The van der Waals surface area contributed by atoms with Crippen LogP contribution in [-0.4, -0.2) is 0 Å². The van der Waals surface area contributed by atoms with Crippen LogP contribution in [-0.2, 0) is 0 Å². The molecule has 0 fully saturated rings. The van der Waals surface area contributed by atoms with Gasteiger partial charge in [0.1, 0.15) is 0 Å². The van der Waals surface area contributed by atoms with E-state index >= 15 is 0 Å². The van der Waals surface area contributed by atoms with Crippen molar-refractivity contribution in [2.24, 2.45) is 0 Å². The van der Waals surface area contributed by atoms with Crippen LogP contribution in [0.15, 0.2) is 103 Å². The highest BCUT2D eigenvalue weighted by Crippen LogP contribution is 2.40. The second-order valence-electron chi connectivity index (χ2n) is 6.89. The number of rotatable bonds is 2. The van der Waals surface area contributed by atoms with Gasteiger partial charge < -0.3 is 0 Å². The predicted molar refractivity (Wildman–Crippen MR) is 117 cm³/mol.